The van der Waals surface area contributed by atoms with E-state index in [2.05, 4.69) is 149 Å². The van der Waals surface area contributed by atoms with Crippen LogP contribution in [-0.2, 0) is 23.1 Å². The van der Waals surface area contributed by atoms with Crippen LogP contribution in [0.4, 0.5) is 0 Å². The highest BCUT2D eigenvalue weighted by Crippen LogP contribution is 2.29. The monoisotopic (exact) mass is 618 g/mol. The van der Waals surface area contributed by atoms with Crippen molar-refractivity contribution < 1.29 is 4.79 Å². The zero-order chi connectivity index (χ0) is 35.2. The number of nitrogens with zero attached hydrogens (tertiary/aromatic N) is 1. The van der Waals surface area contributed by atoms with E-state index in [0.717, 1.165) is 19.4 Å². The van der Waals surface area contributed by atoms with Gasteiger partial charge in [-0.25, -0.2) is 0 Å². The standard InChI is InChI=1S/C26H37NO.C9H12.2C3H8.C2H6/c1-19-9-11-21(12-10-19)17-18-27(24(28)26(6,7)8)20(2)22-13-15-23(16-14-22)25(3,4)5;1-3-9-6-4-8(2)5-7-9;2*1-3-2;1-2/h9-16,20H,17-18H2,1-8H3;4-7H,3H2,1-2H3;2*3H2,1-2H3;1-2H3. The van der Waals surface area contributed by atoms with Crippen LogP contribution in [-0.4, -0.2) is 17.4 Å². The Morgan fingerprint density at radius 3 is 1.36 bits per heavy atom. The van der Waals surface area contributed by atoms with Gasteiger partial charge in [-0.1, -0.05) is 187 Å². The van der Waals surface area contributed by atoms with Crippen molar-refractivity contribution in [1.82, 2.24) is 4.90 Å². The molecule has 0 aliphatic heterocycles. The van der Waals surface area contributed by atoms with Crippen molar-refractivity contribution in [3.63, 3.8) is 0 Å². The average molecular weight is 618 g/mol. The molecule has 3 aromatic rings. The fourth-order valence-corrected chi connectivity index (χ4v) is 4.17. The van der Waals surface area contributed by atoms with Gasteiger partial charge in [0.15, 0.2) is 0 Å². The Kier molecular flexibility index (Phi) is 23.1. The fourth-order valence-electron chi connectivity index (χ4n) is 4.17. The molecular formula is C43H71NO. The summed E-state index contributed by atoms with van der Waals surface area (Å²) in [6, 6.07) is 26.1. The molecule has 0 radical (unpaired) electrons. The van der Waals surface area contributed by atoms with Crippen LogP contribution in [0.15, 0.2) is 72.8 Å². The van der Waals surface area contributed by atoms with Gasteiger partial charge in [0, 0.05) is 12.0 Å². The third-order valence-corrected chi connectivity index (χ3v) is 6.92. The maximum atomic E-state index is 13.2. The van der Waals surface area contributed by atoms with Gasteiger partial charge >= 0.3 is 0 Å². The summed E-state index contributed by atoms with van der Waals surface area (Å²) >= 11 is 0. The lowest BCUT2D eigenvalue weighted by molar-refractivity contribution is -0.141. The second-order valence-electron chi connectivity index (χ2n) is 13.8. The maximum absolute atomic E-state index is 13.2. The lowest BCUT2D eigenvalue weighted by Crippen LogP contribution is -2.42. The summed E-state index contributed by atoms with van der Waals surface area (Å²) in [4.78, 5) is 15.3. The first-order valence-electron chi connectivity index (χ1n) is 17.6. The summed E-state index contributed by atoms with van der Waals surface area (Å²) < 4.78 is 0. The van der Waals surface area contributed by atoms with E-state index in [1.54, 1.807) is 0 Å². The predicted octanol–water partition coefficient (Wildman–Crippen LogP) is 12.9. The zero-order valence-electron chi connectivity index (χ0n) is 32.4. The summed E-state index contributed by atoms with van der Waals surface area (Å²) in [5.74, 6) is 0.201. The number of hydrogen-bond donors (Lipinski definition) is 0. The smallest absolute Gasteiger partial charge is 0.228 e. The number of hydrogen-bond acceptors (Lipinski definition) is 1. The lowest BCUT2D eigenvalue weighted by Gasteiger charge is -2.35. The minimum Gasteiger partial charge on any atom is -0.335 e. The number of aryl methyl sites for hydroxylation is 3. The van der Waals surface area contributed by atoms with Gasteiger partial charge in [-0.05, 0) is 61.3 Å². The third kappa shape index (κ3) is 18.6. The molecule has 45 heavy (non-hydrogen) atoms. The van der Waals surface area contributed by atoms with Crippen LogP contribution < -0.4 is 0 Å². The van der Waals surface area contributed by atoms with Crippen LogP contribution in [0.25, 0.3) is 0 Å². The van der Waals surface area contributed by atoms with E-state index < -0.39 is 5.41 Å². The Bertz CT molecular complexity index is 1120. The molecule has 3 aromatic carbocycles. The second-order valence-corrected chi connectivity index (χ2v) is 13.8. The van der Waals surface area contributed by atoms with Gasteiger partial charge in [-0.2, -0.15) is 0 Å². The van der Waals surface area contributed by atoms with Crippen molar-refractivity contribution in [3.8, 4) is 0 Å². The number of carbonyl (C=O) groups excluding carboxylic acids is 1. The highest BCUT2D eigenvalue weighted by molar-refractivity contribution is 5.82. The highest BCUT2D eigenvalue weighted by atomic mass is 16.2. The van der Waals surface area contributed by atoms with Gasteiger partial charge in [-0.15, -0.1) is 0 Å². The predicted molar refractivity (Wildman–Crippen MR) is 203 cm³/mol. The van der Waals surface area contributed by atoms with Crippen LogP contribution in [0.2, 0.25) is 0 Å². The third-order valence-electron chi connectivity index (χ3n) is 6.92. The molecule has 2 heteroatoms. The van der Waals surface area contributed by atoms with Gasteiger partial charge in [0.2, 0.25) is 5.91 Å². The van der Waals surface area contributed by atoms with Crippen molar-refractivity contribution in [2.24, 2.45) is 5.41 Å². The van der Waals surface area contributed by atoms with Crippen LogP contribution in [0.5, 0.6) is 0 Å². The first kappa shape index (κ1) is 44.3. The topological polar surface area (TPSA) is 20.3 Å². The molecule has 3 rings (SSSR count). The molecule has 0 saturated carbocycles. The number of rotatable bonds is 6. The molecule has 1 atom stereocenters. The SMILES string of the molecule is CC.CCC.CCC.CCc1ccc(C)cc1.Cc1ccc(CCN(C(=O)C(C)(C)C)C(C)c2ccc(C(C)(C)C)cc2)cc1. The van der Waals surface area contributed by atoms with E-state index in [-0.39, 0.29) is 17.4 Å². The van der Waals surface area contributed by atoms with Gasteiger partial charge in [0.1, 0.15) is 0 Å². The molecule has 1 amide bonds. The molecule has 0 aliphatic carbocycles. The highest BCUT2D eigenvalue weighted by Gasteiger charge is 2.30. The number of carbonyl (C=O) groups is 1. The summed E-state index contributed by atoms with van der Waals surface area (Å²) in [5.41, 5.74) is 7.53. The molecule has 0 heterocycles. The van der Waals surface area contributed by atoms with Gasteiger partial charge in [0.05, 0.1) is 6.04 Å². The van der Waals surface area contributed by atoms with Crippen LogP contribution in [0, 0.1) is 19.3 Å². The molecule has 0 aromatic heterocycles. The van der Waals surface area contributed by atoms with Crippen molar-refractivity contribution in [1.29, 1.82) is 0 Å². The summed E-state index contributed by atoms with van der Waals surface area (Å²) in [7, 11) is 0. The summed E-state index contributed by atoms with van der Waals surface area (Å²) in [5, 5.41) is 0. The molecule has 254 valence electrons. The zero-order valence-corrected chi connectivity index (χ0v) is 32.4. The summed E-state index contributed by atoms with van der Waals surface area (Å²) in [6.07, 6.45) is 4.51. The normalized spacial score (nSPS) is 11.1. The lowest BCUT2D eigenvalue weighted by atomic mass is 9.86. The maximum Gasteiger partial charge on any atom is 0.228 e. The Morgan fingerprint density at radius 2 is 1.02 bits per heavy atom. The van der Waals surface area contributed by atoms with E-state index in [0.29, 0.717) is 0 Å². The molecule has 0 fully saturated rings. The first-order chi connectivity index (χ1) is 21.0. The minimum absolute atomic E-state index is 0.0474. The Morgan fingerprint density at radius 1 is 0.644 bits per heavy atom. The van der Waals surface area contributed by atoms with Crippen LogP contribution in [0.1, 0.15) is 149 Å². The van der Waals surface area contributed by atoms with Crippen molar-refractivity contribution in [3.05, 3.63) is 106 Å². The Labute approximate surface area is 281 Å². The molecule has 1 unspecified atom stereocenters. The van der Waals surface area contributed by atoms with Crippen molar-refractivity contribution in [2.45, 2.75) is 148 Å². The Balaban J connectivity index is 0. The van der Waals surface area contributed by atoms with Crippen LogP contribution >= 0.6 is 0 Å². The van der Waals surface area contributed by atoms with Crippen LogP contribution in [0.3, 0.4) is 0 Å². The average Bonchev–Trinajstić information content (AvgIpc) is 3.00. The molecule has 0 spiro atoms. The molecule has 0 N–H and O–H groups in total. The first-order valence-corrected chi connectivity index (χ1v) is 17.6. The minimum atomic E-state index is -0.396. The second kappa shape index (κ2) is 23.5. The van der Waals surface area contributed by atoms with E-state index in [1.165, 1.54) is 46.2 Å². The van der Waals surface area contributed by atoms with E-state index in [9.17, 15) is 4.79 Å². The van der Waals surface area contributed by atoms with Crippen molar-refractivity contribution >= 4 is 5.91 Å². The largest absolute Gasteiger partial charge is 0.335 e. The Hall–Kier alpha value is -2.87. The van der Waals surface area contributed by atoms with E-state index >= 15 is 0 Å². The molecule has 0 saturated heterocycles. The fraction of sp³-hybridized carbons (Fsp3) is 0.558. The molecule has 2 nitrogen and oxygen atoms in total. The number of benzene rings is 3. The molecule has 0 bridgehead atoms. The summed E-state index contributed by atoms with van der Waals surface area (Å²) in [6.45, 7) is 34.4. The van der Waals surface area contributed by atoms with E-state index in [1.807, 2.05) is 39.5 Å². The van der Waals surface area contributed by atoms with Crippen molar-refractivity contribution in [2.75, 3.05) is 6.54 Å². The van der Waals surface area contributed by atoms with Gasteiger partial charge in [0.25, 0.3) is 0 Å². The number of amides is 1. The molecular weight excluding hydrogens is 546 g/mol. The van der Waals surface area contributed by atoms with Gasteiger partial charge < -0.3 is 4.90 Å². The van der Waals surface area contributed by atoms with E-state index in [4.69, 9.17) is 0 Å². The van der Waals surface area contributed by atoms with Gasteiger partial charge in [-0.3, -0.25) is 4.79 Å². The molecule has 0 aliphatic rings. The quantitative estimate of drug-likeness (QED) is 0.269.